The monoisotopic (exact) mass is 287 g/mol. The van der Waals surface area contributed by atoms with Crippen molar-refractivity contribution in [2.75, 3.05) is 6.61 Å². The third kappa shape index (κ3) is 2.38. The molecule has 0 aromatic carbocycles. The normalized spacial score (nSPS) is 49.9. The Hall–Kier alpha value is -0.930. The Morgan fingerprint density at radius 1 is 1.20 bits per heavy atom. The van der Waals surface area contributed by atoms with E-state index in [1.54, 1.807) is 13.8 Å². The van der Waals surface area contributed by atoms with E-state index in [0.717, 1.165) is 0 Å². The lowest BCUT2D eigenvalue weighted by molar-refractivity contribution is -0.306. The van der Waals surface area contributed by atoms with E-state index < -0.39 is 42.4 Å². The Bertz CT molecular complexity index is 449. The molecule has 6 atom stereocenters. The molecule has 0 radical (unpaired) electrons. The van der Waals surface area contributed by atoms with Gasteiger partial charge in [-0.1, -0.05) is 5.11 Å². The molecule has 0 saturated carbocycles. The van der Waals surface area contributed by atoms with Crippen LogP contribution in [0.3, 0.4) is 0 Å². The van der Waals surface area contributed by atoms with Gasteiger partial charge in [0.25, 0.3) is 5.97 Å². The zero-order valence-electron chi connectivity index (χ0n) is 11.4. The molecule has 9 heteroatoms. The van der Waals surface area contributed by atoms with Crippen molar-refractivity contribution < 1.29 is 28.8 Å². The molecule has 0 amide bonds. The third-order valence-electron chi connectivity index (χ3n) is 3.49. The highest BCUT2D eigenvalue weighted by atomic mass is 16.9. The summed E-state index contributed by atoms with van der Waals surface area (Å²) in [5.41, 5.74) is 8.72. The molecular formula is C11H17N3O6. The van der Waals surface area contributed by atoms with E-state index in [0.29, 0.717) is 0 Å². The van der Waals surface area contributed by atoms with Crippen LogP contribution in [0.4, 0.5) is 0 Å². The average molecular weight is 287 g/mol. The van der Waals surface area contributed by atoms with E-state index in [1.165, 1.54) is 6.92 Å². The third-order valence-corrected chi connectivity index (χ3v) is 3.49. The second-order valence-electron chi connectivity index (χ2n) is 5.63. The van der Waals surface area contributed by atoms with E-state index in [9.17, 15) is 5.11 Å². The topological polar surface area (TPSA) is 115 Å². The molecule has 3 saturated heterocycles. The van der Waals surface area contributed by atoms with Crippen molar-refractivity contribution in [1.82, 2.24) is 0 Å². The van der Waals surface area contributed by atoms with Gasteiger partial charge in [-0.25, -0.2) is 0 Å². The van der Waals surface area contributed by atoms with E-state index >= 15 is 0 Å². The lowest BCUT2D eigenvalue weighted by atomic mass is 10.0. The van der Waals surface area contributed by atoms with E-state index in [-0.39, 0.29) is 6.61 Å². The van der Waals surface area contributed by atoms with Gasteiger partial charge in [-0.15, -0.1) is 0 Å². The van der Waals surface area contributed by atoms with Crippen molar-refractivity contribution in [3.8, 4) is 0 Å². The van der Waals surface area contributed by atoms with Crippen molar-refractivity contribution in [3.63, 3.8) is 0 Å². The number of rotatable bonds is 2. The van der Waals surface area contributed by atoms with Gasteiger partial charge in [0.15, 0.2) is 12.1 Å². The standard InChI is InChI=1S/C11H17N3O6/c1-10(2)19-8-6(13-14-12)7(17-9(8)20-10)5-4-16-11(3,15)18-5/h5-9,15H,4H2,1-3H3. The molecule has 0 spiro atoms. The second-order valence-corrected chi connectivity index (χ2v) is 5.63. The Labute approximate surface area is 115 Å². The smallest absolute Gasteiger partial charge is 0.277 e. The van der Waals surface area contributed by atoms with Crippen molar-refractivity contribution in [1.29, 1.82) is 0 Å². The fourth-order valence-electron chi connectivity index (χ4n) is 2.76. The number of aliphatic hydroxyl groups is 1. The minimum atomic E-state index is -1.66. The maximum atomic E-state index is 9.66. The van der Waals surface area contributed by atoms with Crippen molar-refractivity contribution in [2.24, 2.45) is 5.11 Å². The number of azide groups is 1. The molecule has 112 valence electrons. The molecule has 3 fully saturated rings. The molecule has 6 unspecified atom stereocenters. The van der Waals surface area contributed by atoms with Crippen LogP contribution in [0.25, 0.3) is 10.4 Å². The van der Waals surface area contributed by atoms with E-state index in [1.807, 2.05) is 0 Å². The number of hydrogen-bond donors (Lipinski definition) is 1. The van der Waals surface area contributed by atoms with Crippen LogP contribution >= 0.6 is 0 Å². The molecule has 0 bridgehead atoms. The average Bonchev–Trinajstić information content (AvgIpc) is 2.91. The van der Waals surface area contributed by atoms with Crippen molar-refractivity contribution in [3.05, 3.63) is 10.4 Å². The van der Waals surface area contributed by atoms with Gasteiger partial charge in [-0.05, 0) is 19.4 Å². The number of ether oxygens (including phenoxy) is 5. The Kier molecular flexibility index (Phi) is 3.18. The van der Waals surface area contributed by atoms with Crippen LogP contribution in [0, 0.1) is 0 Å². The SMILES string of the molecule is CC1(C)OC2OC(C3COC(C)(O)O3)C(N=[N+]=[N-])C2O1. The summed E-state index contributed by atoms with van der Waals surface area (Å²) in [7, 11) is 0. The molecule has 0 aromatic heterocycles. The van der Waals surface area contributed by atoms with Gasteiger partial charge in [-0.2, -0.15) is 0 Å². The second kappa shape index (κ2) is 4.54. The number of hydrogen-bond acceptors (Lipinski definition) is 7. The van der Waals surface area contributed by atoms with Crippen molar-refractivity contribution >= 4 is 0 Å². The van der Waals surface area contributed by atoms with Gasteiger partial charge in [0, 0.05) is 11.8 Å². The summed E-state index contributed by atoms with van der Waals surface area (Å²) in [5.74, 6) is -2.45. The molecule has 20 heavy (non-hydrogen) atoms. The van der Waals surface area contributed by atoms with Crippen molar-refractivity contribution in [2.45, 2.75) is 63.2 Å². The molecule has 9 nitrogen and oxygen atoms in total. The lowest BCUT2D eigenvalue weighted by Gasteiger charge is -2.26. The summed E-state index contributed by atoms with van der Waals surface area (Å²) in [6.07, 6.45) is -2.27. The number of fused-ring (bicyclic) bond motifs is 1. The molecule has 3 rings (SSSR count). The molecule has 3 heterocycles. The highest BCUT2D eigenvalue weighted by Gasteiger charge is 2.58. The van der Waals surface area contributed by atoms with Crippen LogP contribution in [-0.2, 0) is 23.7 Å². The minimum Gasteiger partial charge on any atom is -0.344 e. The molecule has 1 N–H and O–H groups in total. The van der Waals surface area contributed by atoms with Gasteiger partial charge < -0.3 is 28.8 Å². The van der Waals surface area contributed by atoms with Gasteiger partial charge >= 0.3 is 0 Å². The van der Waals surface area contributed by atoms with Gasteiger partial charge in [-0.3, -0.25) is 0 Å². The minimum absolute atomic E-state index is 0.137. The Morgan fingerprint density at radius 3 is 2.55 bits per heavy atom. The van der Waals surface area contributed by atoms with Gasteiger partial charge in [0.2, 0.25) is 0 Å². The summed E-state index contributed by atoms with van der Waals surface area (Å²) < 4.78 is 27.5. The predicted molar refractivity (Wildman–Crippen MR) is 63.1 cm³/mol. The van der Waals surface area contributed by atoms with Crippen LogP contribution in [0.5, 0.6) is 0 Å². The molecule has 0 aliphatic carbocycles. The molecular weight excluding hydrogens is 270 g/mol. The predicted octanol–water partition coefficient (Wildman–Crippen LogP) is 0.623. The summed E-state index contributed by atoms with van der Waals surface area (Å²) in [6.45, 7) is 5.05. The first-order valence-corrected chi connectivity index (χ1v) is 6.41. The number of nitrogens with zero attached hydrogens (tertiary/aromatic N) is 3. The Morgan fingerprint density at radius 2 is 1.95 bits per heavy atom. The molecule has 0 aromatic rings. The summed E-state index contributed by atoms with van der Waals surface area (Å²) in [6, 6.07) is -0.603. The first-order chi connectivity index (χ1) is 9.31. The summed E-state index contributed by atoms with van der Waals surface area (Å²) >= 11 is 0. The van der Waals surface area contributed by atoms with Crippen LogP contribution in [0.1, 0.15) is 20.8 Å². The Balaban J connectivity index is 1.78. The quantitative estimate of drug-likeness (QED) is 0.452. The maximum absolute atomic E-state index is 9.66. The fourth-order valence-corrected chi connectivity index (χ4v) is 2.76. The van der Waals surface area contributed by atoms with Crippen LogP contribution in [0.15, 0.2) is 5.11 Å². The summed E-state index contributed by atoms with van der Waals surface area (Å²) in [4.78, 5) is 2.83. The van der Waals surface area contributed by atoms with E-state index in [4.69, 9.17) is 29.2 Å². The zero-order chi connectivity index (χ0) is 14.5. The van der Waals surface area contributed by atoms with Crippen LogP contribution in [0.2, 0.25) is 0 Å². The fraction of sp³-hybridized carbons (Fsp3) is 1.00. The molecule has 3 aliphatic heterocycles. The van der Waals surface area contributed by atoms with Crippen LogP contribution < -0.4 is 0 Å². The molecule has 3 aliphatic rings. The first kappa shape index (κ1) is 14.0. The zero-order valence-corrected chi connectivity index (χ0v) is 11.4. The lowest BCUT2D eigenvalue weighted by Crippen LogP contribution is -2.41. The van der Waals surface area contributed by atoms with Gasteiger partial charge in [0.05, 0.1) is 12.6 Å². The van der Waals surface area contributed by atoms with Crippen LogP contribution in [-0.4, -0.2) is 54.1 Å². The maximum Gasteiger partial charge on any atom is 0.277 e. The first-order valence-electron chi connectivity index (χ1n) is 6.41. The van der Waals surface area contributed by atoms with E-state index in [2.05, 4.69) is 10.0 Å². The summed E-state index contributed by atoms with van der Waals surface area (Å²) in [5, 5.41) is 13.4. The van der Waals surface area contributed by atoms with Gasteiger partial charge in [0.1, 0.15) is 18.3 Å². The highest BCUT2D eigenvalue weighted by Crippen LogP contribution is 2.41. The highest BCUT2D eigenvalue weighted by molar-refractivity contribution is 5.01. The largest absolute Gasteiger partial charge is 0.344 e.